The number of hydrogen-bond donors (Lipinski definition) is 0. The number of rotatable bonds is 2. The highest BCUT2D eigenvalue weighted by molar-refractivity contribution is 7.45. The fourth-order valence-corrected chi connectivity index (χ4v) is 1.08. The lowest BCUT2D eigenvalue weighted by atomic mass is 10.9. The molecular weight excluding hydrogens is 161 g/mol. The standard InChI is InChI=1S/C4H7Cl2NSi/c1-2-8(5,6)4-3-7/h2,4H2,1H3. The molecule has 0 N–H and O–H groups in total. The summed E-state index contributed by atoms with van der Waals surface area (Å²) in [6.07, 6.45) is 0. The molecule has 1 nitrogen and oxygen atoms in total. The van der Waals surface area contributed by atoms with Crippen LogP contribution in [0.1, 0.15) is 6.92 Å². The number of nitriles is 1. The number of hydrogen-bond acceptors (Lipinski definition) is 1. The monoisotopic (exact) mass is 167 g/mol. The molecule has 0 radical (unpaired) electrons. The minimum Gasteiger partial charge on any atom is -0.199 e. The lowest BCUT2D eigenvalue weighted by molar-refractivity contribution is 1.38. The Labute approximate surface area is 59.6 Å². The normalized spacial score (nSPS) is 10.8. The highest BCUT2D eigenvalue weighted by atomic mass is 35.7. The molecule has 0 aromatic heterocycles. The second kappa shape index (κ2) is 3.34. The summed E-state index contributed by atoms with van der Waals surface area (Å²) >= 11 is 11.4. The lowest BCUT2D eigenvalue weighted by Gasteiger charge is -2.06. The van der Waals surface area contributed by atoms with Gasteiger partial charge in [0, 0.05) is 0 Å². The van der Waals surface area contributed by atoms with Crippen LogP contribution in [-0.2, 0) is 0 Å². The molecule has 0 heterocycles. The van der Waals surface area contributed by atoms with Crippen molar-refractivity contribution >= 4 is 28.9 Å². The van der Waals surface area contributed by atoms with Gasteiger partial charge in [-0.2, -0.15) is 5.26 Å². The molecule has 0 aliphatic carbocycles. The van der Waals surface area contributed by atoms with Gasteiger partial charge in [0.15, 0.2) is 0 Å². The Bertz CT molecular complexity index is 107. The molecule has 0 unspecified atom stereocenters. The maximum atomic E-state index is 8.15. The second-order valence-corrected chi connectivity index (χ2v) is 9.24. The van der Waals surface area contributed by atoms with E-state index in [1.807, 2.05) is 13.0 Å². The summed E-state index contributed by atoms with van der Waals surface area (Å²) in [5, 5.41) is 8.15. The van der Waals surface area contributed by atoms with Gasteiger partial charge in [-0.05, 0) is 6.04 Å². The highest BCUT2D eigenvalue weighted by Crippen LogP contribution is 2.23. The van der Waals surface area contributed by atoms with E-state index in [1.165, 1.54) is 0 Å². The summed E-state index contributed by atoms with van der Waals surface area (Å²) in [6.45, 7) is -0.188. The van der Waals surface area contributed by atoms with E-state index >= 15 is 0 Å². The minimum absolute atomic E-state index is 0.340. The molecule has 0 bridgehead atoms. The van der Waals surface area contributed by atoms with Gasteiger partial charge in [-0.3, -0.25) is 0 Å². The Balaban J connectivity index is 3.58. The van der Waals surface area contributed by atoms with Gasteiger partial charge >= 0.3 is 0 Å². The smallest absolute Gasteiger partial charge is 0.199 e. The first-order valence-electron chi connectivity index (χ1n) is 2.37. The second-order valence-electron chi connectivity index (χ2n) is 1.54. The van der Waals surface area contributed by atoms with Gasteiger partial charge in [-0.1, -0.05) is 6.92 Å². The van der Waals surface area contributed by atoms with Crippen molar-refractivity contribution in [1.82, 2.24) is 0 Å². The van der Waals surface area contributed by atoms with Crippen molar-refractivity contribution < 1.29 is 0 Å². The molecule has 0 amide bonds. The molecule has 0 aromatic rings. The molecule has 0 rings (SSSR count). The van der Waals surface area contributed by atoms with Gasteiger partial charge in [-0.15, -0.1) is 22.2 Å². The van der Waals surface area contributed by atoms with Crippen LogP contribution in [0, 0.1) is 11.3 Å². The predicted molar refractivity (Wildman–Crippen MR) is 38.4 cm³/mol. The highest BCUT2D eigenvalue weighted by Gasteiger charge is 2.24. The van der Waals surface area contributed by atoms with Gasteiger partial charge in [0.2, 0.25) is 0 Å². The summed E-state index contributed by atoms with van der Waals surface area (Å²) in [7, 11) is 0. The SMILES string of the molecule is CC[Si](Cl)(Cl)CC#N. The molecule has 0 saturated carbocycles. The molecule has 0 aliphatic rings. The fraction of sp³-hybridized carbons (Fsp3) is 0.750. The summed E-state index contributed by atoms with van der Waals surface area (Å²) in [5.74, 6) is 0. The molecule has 0 fully saturated rings. The fourth-order valence-electron chi connectivity index (χ4n) is 0.241. The maximum absolute atomic E-state index is 8.15. The van der Waals surface area contributed by atoms with Crippen LogP contribution in [0.4, 0.5) is 0 Å². The van der Waals surface area contributed by atoms with E-state index in [2.05, 4.69) is 0 Å². The Morgan fingerprint density at radius 3 is 2.25 bits per heavy atom. The number of halogens is 2. The zero-order chi connectivity index (χ0) is 6.62. The Kier molecular flexibility index (Phi) is 3.46. The van der Waals surface area contributed by atoms with Crippen LogP contribution < -0.4 is 0 Å². The van der Waals surface area contributed by atoms with E-state index in [-0.39, 0.29) is 0 Å². The molecule has 0 spiro atoms. The van der Waals surface area contributed by atoms with Crippen LogP contribution in [0.5, 0.6) is 0 Å². The molecule has 4 heteroatoms. The Morgan fingerprint density at radius 1 is 1.62 bits per heavy atom. The van der Waals surface area contributed by atoms with Crippen molar-refractivity contribution in [2.75, 3.05) is 0 Å². The van der Waals surface area contributed by atoms with Crippen LogP contribution in [-0.4, -0.2) is 6.69 Å². The Hall–Kier alpha value is 0.287. The van der Waals surface area contributed by atoms with Gasteiger partial charge in [0.1, 0.15) is 0 Å². The van der Waals surface area contributed by atoms with Gasteiger partial charge in [0.25, 0.3) is 6.69 Å². The van der Waals surface area contributed by atoms with Gasteiger partial charge in [-0.25, -0.2) is 0 Å². The zero-order valence-electron chi connectivity index (χ0n) is 4.62. The van der Waals surface area contributed by atoms with Crippen LogP contribution in [0.3, 0.4) is 0 Å². The number of nitrogens with zero attached hydrogens (tertiary/aromatic N) is 1. The van der Waals surface area contributed by atoms with E-state index in [9.17, 15) is 0 Å². The van der Waals surface area contributed by atoms with E-state index in [0.717, 1.165) is 6.04 Å². The summed E-state index contributed by atoms with van der Waals surface area (Å²) < 4.78 is 0. The molecule has 46 valence electrons. The lowest BCUT2D eigenvalue weighted by Crippen LogP contribution is -2.14. The summed E-state index contributed by atoms with van der Waals surface area (Å²) in [6, 6.07) is 3.05. The summed E-state index contributed by atoms with van der Waals surface area (Å²) in [5.41, 5.74) is 0. The maximum Gasteiger partial charge on any atom is 0.264 e. The van der Waals surface area contributed by atoms with Crippen molar-refractivity contribution in [1.29, 1.82) is 5.26 Å². The average Bonchev–Trinajstić information content (AvgIpc) is 1.67. The van der Waals surface area contributed by atoms with E-state index in [0.29, 0.717) is 6.04 Å². The van der Waals surface area contributed by atoms with Crippen LogP contribution in [0.15, 0.2) is 0 Å². The molecule has 0 atom stereocenters. The third-order valence-electron chi connectivity index (χ3n) is 0.855. The van der Waals surface area contributed by atoms with Crippen molar-refractivity contribution in [2.45, 2.75) is 19.0 Å². The predicted octanol–water partition coefficient (Wildman–Crippen LogP) is 2.45. The first-order valence-corrected chi connectivity index (χ1v) is 6.81. The topological polar surface area (TPSA) is 23.8 Å². The largest absolute Gasteiger partial charge is 0.264 e. The van der Waals surface area contributed by atoms with Crippen LogP contribution in [0.2, 0.25) is 12.1 Å². The van der Waals surface area contributed by atoms with Crippen molar-refractivity contribution in [3.8, 4) is 6.07 Å². The van der Waals surface area contributed by atoms with Crippen molar-refractivity contribution in [3.05, 3.63) is 0 Å². The molecule has 0 aliphatic heterocycles. The molecule has 8 heavy (non-hydrogen) atoms. The van der Waals surface area contributed by atoms with E-state index < -0.39 is 6.69 Å². The third-order valence-corrected chi connectivity index (χ3v) is 4.97. The van der Waals surface area contributed by atoms with Crippen molar-refractivity contribution in [2.24, 2.45) is 0 Å². The quantitative estimate of drug-likeness (QED) is 0.459. The van der Waals surface area contributed by atoms with Gasteiger partial charge < -0.3 is 0 Å². The molecule has 0 saturated heterocycles. The first-order chi connectivity index (χ1) is 3.62. The minimum atomic E-state index is -2.09. The van der Waals surface area contributed by atoms with Crippen LogP contribution >= 0.6 is 22.2 Å². The average molecular weight is 168 g/mol. The van der Waals surface area contributed by atoms with E-state index in [4.69, 9.17) is 27.4 Å². The van der Waals surface area contributed by atoms with Crippen molar-refractivity contribution in [3.63, 3.8) is 0 Å². The summed E-state index contributed by atoms with van der Waals surface area (Å²) in [4.78, 5) is 0. The third kappa shape index (κ3) is 3.31. The zero-order valence-corrected chi connectivity index (χ0v) is 7.13. The molecule has 0 aromatic carbocycles. The van der Waals surface area contributed by atoms with Gasteiger partial charge in [0.05, 0.1) is 12.1 Å². The van der Waals surface area contributed by atoms with E-state index in [1.54, 1.807) is 0 Å². The van der Waals surface area contributed by atoms with Crippen LogP contribution in [0.25, 0.3) is 0 Å². The molecular formula is C4H7Cl2NSi. The first kappa shape index (κ1) is 8.29. The Morgan fingerprint density at radius 2 is 2.12 bits per heavy atom.